The number of para-hydroxylation sites is 2. The first-order chi connectivity index (χ1) is 15.0. The van der Waals surface area contributed by atoms with Crippen molar-refractivity contribution < 1.29 is 14.1 Å². The second kappa shape index (κ2) is 8.15. The molecule has 0 atom stereocenters. The molecule has 1 amide bonds. The minimum absolute atomic E-state index is 0.0902. The minimum atomic E-state index is -0.551. The highest BCUT2D eigenvalue weighted by Crippen LogP contribution is 2.42. The fourth-order valence-electron chi connectivity index (χ4n) is 3.35. The van der Waals surface area contributed by atoms with Crippen molar-refractivity contribution >= 4 is 23.1 Å². The number of benzene rings is 2. The lowest BCUT2D eigenvalue weighted by Gasteiger charge is -2.20. The van der Waals surface area contributed by atoms with Gasteiger partial charge in [-0.3, -0.25) is 29.9 Å². The Morgan fingerprint density at radius 1 is 1.03 bits per heavy atom. The predicted molar refractivity (Wildman–Crippen MR) is 113 cm³/mol. The molecule has 154 valence electrons. The largest absolute Gasteiger partial charge is 0.293 e. The lowest BCUT2D eigenvalue weighted by molar-refractivity contribution is -0.384. The highest BCUT2D eigenvalue weighted by Gasteiger charge is 2.29. The van der Waals surface area contributed by atoms with Crippen LogP contribution in [0.1, 0.15) is 6.92 Å². The van der Waals surface area contributed by atoms with Crippen molar-refractivity contribution in [3.63, 3.8) is 0 Å². The van der Waals surface area contributed by atoms with Gasteiger partial charge < -0.3 is 0 Å². The number of nitro benzene ring substituents is 1. The molecule has 2 aromatic heterocycles. The highest BCUT2D eigenvalue weighted by atomic mass is 19.1. The van der Waals surface area contributed by atoms with E-state index in [9.17, 15) is 19.3 Å². The molecule has 0 spiro atoms. The van der Waals surface area contributed by atoms with E-state index in [1.807, 2.05) is 0 Å². The van der Waals surface area contributed by atoms with Crippen molar-refractivity contribution in [3.05, 3.63) is 89.0 Å². The van der Waals surface area contributed by atoms with Crippen LogP contribution in [0.25, 0.3) is 22.4 Å². The first-order valence-electron chi connectivity index (χ1n) is 9.26. The number of aromatic nitrogens is 3. The van der Waals surface area contributed by atoms with E-state index in [0.29, 0.717) is 22.4 Å². The molecule has 2 heterocycles. The summed E-state index contributed by atoms with van der Waals surface area (Å²) in [6.07, 6.45) is 3.17. The van der Waals surface area contributed by atoms with Gasteiger partial charge in [0.1, 0.15) is 11.5 Å². The third-order valence-corrected chi connectivity index (χ3v) is 4.70. The lowest BCUT2D eigenvalue weighted by Crippen LogP contribution is -2.24. The second-order valence-electron chi connectivity index (χ2n) is 6.64. The number of rotatable bonds is 5. The molecule has 9 heteroatoms. The van der Waals surface area contributed by atoms with Gasteiger partial charge in [0.25, 0.3) is 5.69 Å². The van der Waals surface area contributed by atoms with Gasteiger partial charge in [-0.2, -0.15) is 5.10 Å². The fourth-order valence-corrected chi connectivity index (χ4v) is 3.35. The Morgan fingerprint density at radius 2 is 1.71 bits per heavy atom. The van der Waals surface area contributed by atoms with E-state index < -0.39 is 10.8 Å². The van der Waals surface area contributed by atoms with Crippen LogP contribution in [0, 0.1) is 15.9 Å². The molecular weight excluding hydrogens is 401 g/mol. The Labute approximate surface area is 176 Å². The first-order valence-corrected chi connectivity index (χ1v) is 9.26. The average molecular weight is 417 g/mol. The van der Waals surface area contributed by atoms with Gasteiger partial charge in [-0.1, -0.05) is 12.1 Å². The zero-order valence-electron chi connectivity index (χ0n) is 16.3. The monoisotopic (exact) mass is 417 g/mol. The summed E-state index contributed by atoms with van der Waals surface area (Å²) >= 11 is 0. The van der Waals surface area contributed by atoms with Crippen LogP contribution < -0.4 is 4.90 Å². The third kappa shape index (κ3) is 3.76. The van der Waals surface area contributed by atoms with Crippen LogP contribution in [-0.4, -0.2) is 26.0 Å². The zero-order chi connectivity index (χ0) is 22.0. The van der Waals surface area contributed by atoms with Gasteiger partial charge in [0.2, 0.25) is 5.91 Å². The van der Waals surface area contributed by atoms with Crippen LogP contribution in [-0.2, 0) is 4.79 Å². The van der Waals surface area contributed by atoms with Crippen LogP contribution in [0.15, 0.2) is 73.1 Å². The van der Waals surface area contributed by atoms with Crippen LogP contribution >= 0.6 is 0 Å². The van der Waals surface area contributed by atoms with Crippen LogP contribution in [0.3, 0.4) is 0 Å². The number of H-pyrrole nitrogens is 1. The Hall–Kier alpha value is -4.40. The Morgan fingerprint density at radius 3 is 2.35 bits per heavy atom. The molecule has 1 N–H and O–H groups in total. The third-order valence-electron chi connectivity index (χ3n) is 4.70. The smallest absolute Gasteiger partial charge is 0.275 e. The maximum atomic E-state index is 13.5. The maximum absolute atomic E-state index is 13.5. The molecule has 0 bridgehead atoms. The Bertz CT molecular complexity index is 1260. The number of anilines is 2. The lowest BCUT2D eigenvalue weighted by atomic mass is 10.0. The van der Waals surface area contributed by atoms with Gasteiger partial charge in [-0.15, -0.1) is 0 Å². The van der Waals surface area contributed by atoms with Crippen LogP contribution in [0.5, 0.6) is 0 Å². The molecule has 2 aromatic carbocycles. The van der Waals surface area contributed by atoms with Crippen molar-refractivity contribution in [1.82, 2.24) is 15.2 Å². The normalized spacial score (nSPS) is 10.6. The maximum Gasteiger partial charge on any atom is 0.293 e. The van der Waals surface area contributed by atoms with Crippen LogP contribution in [0.2, 0.25) is 0 Å². The second-order valence-corrected chi connectivity index (χ2v) is 6.64. The number of amides is 1. The number of carbonyl (C=O) groups is 1. The number of hydrogen-bond donors (Lipinski definition) is 1. The van der Waals surface area contributed by atoms with Crippen molar-refractivity contribution in [2.75, 3.05) is 4.90 Å². The highest BCUT2D eigenvalue weighted by molar-refractivity contribution is 6.05. The Kier molecular flexibility index (Phi) is 5.23. The molecule has 8 nitrogen and oxygen atoms in total. The van der Waals surface area contributed by atoms with Crippen molar-refractivity contribution in [3.8, 4) is 22.4 Å². The molecule has 4 rings (SSSR count). The summed E-state index contributed by atoms with van der Waals surface area (Å²) in [4.78, 5) is 28.9. The van der Waals surface area contributed by atoms with Gasteiger partial charge in [0, 0.05) is 30.9 Å². The molecule has 0 aliphatic carbocycles. The number of nitrogens with one attached hydrogen (secondary N) is 1. The number of nitro groups is 1. The molecule has 0 radical (unpaired) electrons. The number of hydrogen-bond acceptors (Lipinski definition) is 5. The quantitative estimate of drug-likeness (QED) is 0.368. The zero-order valence-corrected chi connectivity index (χ0v) is 16.3. The van der Waals surface area contributed by atoms with Gasteiger partial charge in [0.15, 0.2) is 5.82 Å². The predicted octanol–water partition coefficient (Wildman–Crippen LogP) is 4.87. The summed E-state index contributed by atoms with van der Waals surface area (Å²) in [5.74, 6) is -0.659. The number of nitrogens with zero attached hydrogens (tertiary/aromatic N) is 4. The summed E-state index contributed by atoms with van der Waals surface area (Å²) in [6, 6.07) is 15.2. The molecule has 31 heavy (non-hydrogen) atoms. The van der Waals surface area contributed by atoms with Crippen molar-refractivity contribution in [1.29, 1.82) is 0 Å². The van der Waals surface area contributed by atoms with E-state index in [1.165, 1.54) is 42.2 Å². The van der Waals surface area contributed by atoms with Gasteiger partial charge in [-0.25, -0.2) is 4.39 Å². The molecular formula is C22H16FN5O3. The Balaban J connectivity index is 1.99. The van der Waals surface area contributed by atoms with Gasteiger partial charge in [-0.05, 0) is 48.0 Å². The molecule has 0 saturated carbocycles. The molecule has 0 aliphatic heterocycles. The van der Waals surface area contributed by atoms with Gasteiger partial charge in [0.05, 0.1) is 16.2 Å². The van der Waals surface area contributed by atoms with E-state index in [2.05, 4.69) is 15.2 Å². The first kappa shape index (κ1) is 19.9. The minimum Gasteiger partial charge on any atom is -0.275 e. The number of halogens is 1. The summed E-state index contributed by atoms with van der Waals surface area (Å²) in [5, 5.41) is 18.8. The van der Waals surface area contributed by atoms with E-state index in [0.717, 1.165) is 0 Å². The number of carbonyl (C=O) groups excluding carboxylic acids is 1. The van der Waals surface area contributed by atoms with Crippen molar-refractivity contribution in [2.24, 2.45) is 0 Å². The SMILES string of the molecule is CC(=O)N(c1ccccc1[N+](=O)[O-])c1n[nH]c(-c2ccc(F)cc2)c1-c1ccncc1. The molecule has 0 unspecified atom stereocenters. The van der Waals surface area contributed by atoms with E-state index in [4.69, 9.17) is 0 Å². The molecule has 0 saturated heterocycles. The van der Waals surface area contributed by atoms with Gasteiger partial charge >= 0.3 is 0 Å². The summed E-state index contributed by atoms with van der Waals surface area (Å²) < 4.78 is 13.5. The van der Waals surface area contributed by atoms with Crippen LogP contribution in [0.4, 0.5) is 21.6 Å². The average Bonchev–Trinajstić information content (AvgIpc) is 3.19. The summed E-state index contributed by atoms with van der Waals surface area (Å²) in [5.41, 5.74) is 2.24. The standard InChI is InChI=1S/C22H16FN5O3/c1-14(29)27(18-4-2-3-5-19(18)28(30)31)22-20(15-10-12-24-13-11-15)21(25-26-22)16-6-8-17(23)9-7-16/h2-13H,1H3,(H,25,26). The number of aromatic amines is 1. The van der Waals surface area contributed by atoms with E-state index >= 15 is 0 Å². The van der Waals surface area contributed by atoms with Crippen molar-refractivity contribution in [2.45, 2.75) is 6.92 Å². The number of pyridine rings is 1. The summed E-state index contributed by atoms with van der Waals surface area (Å²) in [7, 11) is 0. The molecule has 4 aromatic rings. The fraction of sp³-hybridized carbons (Fsp3) is 0.0455. The van der Waals surface area contributed by atoms with E-state index in [-0.39, 0.29) is 23.0 Å². The molecule has 0 fully saturated rings. The van der Waals surface area contributed by atoms with E-state index in [1.54, 1.807) is 42.7 Å². The summed E-state index contributed by atoms with van der Waals surface area (Å²) in [6.45, 7) is 1.30. The molecule has 0 aliphatic rings. The topological polar surface area (TPSA) is 105 Å².